The number of hydrogen-bond donors (Lipinski definition) is 11. The van der Waals surface area contributed by atoms with Crippen LogP contribution in [0.15, 0.2) is 24.8 Å². The summed E-state index contributed by atoms with van der Waals surface area (Å²) in [5.74, 6) is -13.4. The van der Waals surface area contributed by atoms with Gasteiger partial charge in [-0.15, -0.1) is 0 Å². The van der Waals surface area contributed by atoms with Crippen LogP contribution in [0.5, 0.6) is 0 Å². The third-order valence-corrected chi connectivity index (χ3v) is 10.2. The molecule has 0 aliphatic carbocycles. The molecule has 0 radical (unpaired) electrons. The molecule has 2 aromatic heterocycles. The molecule has 11 N–H and O–H groups in total. The number of rotatable bonds is 29. The van der Waals surface area contributed by atoms with Crippen molar-refractivity contribution >= 4 is 71.5 Å². The highest BCUT2D eigenvalue weighted by Gasteiger charge is 2.34. The van der Waals surface area contributed by atoms with E-state index in [0.29, 0.717) is 21.4 Å². The second-order valence-corrected chi connectivity index (χ2v) is 15.4. The zero-order chi connectivity index (χ0) is 50.8. The summed E-state index contributed by atoms with van der Waals surface area (Å²) in [4.78, 5) is 147. The Labute approximate surface area is 383 Å². The van der Waals surface area contributed by atoms with Gasteiger partial charge in [-0.3, -0.25) is 43.3 Å². The summed E-state index contributed by atoms with van der Waals surface area (Å²) in [5.41, 5.74) is 0. The van der Waals surface area contributed by atoms with Crippen LogP contribution in [0.25, 0.3) is 0 Å². The van der Waals surface area contributed by atoms with E-state index in [0.717, 1.165) is 0 Å². The third kappa shape index (κ3) is 17.7. The smallest absolute Gasteiger partial charge is 0.326 e. The normalized spacial score (nSPS) is 13.4. The van der Waals surface area contributed by atoms with Gasteiger partial charge in [-0.2, -0.15) is 9.13 Å². The van der Waals surface area contributed by atoms with Crippen LogP contribution in [0.3, 0.4) is 0 Å². The topological polar surface area (TPSA) is 430 Å². The lowest BCUT2D eigenvalue weighted by atomic mass is 10.1. The molecule has 5 amide bonds. The largest absolute Gasteiger partial charge is 0.481 e. The van der Waals surface area contributed by atoms with Crippen LogP contribution in [-0.4, -0.2) is 187 Å². The number of carboxylic acid groups (broad SMARTS) is 8. The summed E-state index contributed by atoms with van der Waals surface area (Å²) in [5, 5.41) is 80.9. The van der Waals surface area contributed by atoms with Crippen molar-refractivity contribution in [1.29, 1.82) is 0 Å². The van der Waals surface area contributed by atoms with Gasteiger partial charge in [-0.1, -0.05) is 0 Å². The third-order valence-electron chi connectivity index (χ3n) is 10.2. The molecule has 30 nitrogen and oxygen atoms in total. The van der Waals surface area contributed by atoms with E-state index in [2.05, 4.69) is 5.32 Å². The van der Waals surface area contributed by atoms with Gasteiger partial charge in [0.2, 0.25) is 12.6 Å². The van der Waals surface area contributed by atoms with E-state index in [1.807, 2.05) is 15.5 Å². The van der Waals surface area contributed by atoms with Gasteiger partial charge in [0.15, 0.2) is 13.1 Å². The first-order chi connectivity index (χ1) is 31.9. The van der Waals surface area contributed by atoms with Gasteiger partial charge in [0.25, 0.3) is 23.5 Å². The lowest BCUT2D eigenvalue weighted by molar-refractivity contribution is -0.920. The number of nitrogens with zero attached hydrogens (tertiary/aromatic N) is 7. The van der Waals surface area contributed by atoms with E-state index >= 15 is 0 Å². The predicted molar refractivity (Wildman–Crippen MR) is 217 cm³/mol. The number of amides is 5. The van der Waals surface area contributed by atoms with Crippen LogP contribution in [0, 0.1) is 0 Å². The van der Waals surface area contributed by atoms with Gasteiger partial charge in [-0.05, 0) is 38.6 Å². The molecular weight excluding hydrogens is 916 g/mol. The molecule has 68 heavy (non-hydrogen) atoms. The number of nitrogens with one attached hydrogen (secondary N) is 3. The van der Waals surface area contributed by atoms with Crippen LogP contribution in [0.2, 0.25) is 0 Å². The molecule has 2 aromatic rings. The average Bonchev–Trinajstić information content (AvgIpc) is 3.76. The van der Waals surface area contributed by atoms with Crippen molar-refractivity contribution in [3.05, 3.63) is 36.4 Å². The highest BCUT2D eigenvalue weighted by Crippen LogP contribution is 2.14. The number of urea groups is 1. The summed E-state index contributed by atoms with van der Waals surface area (Å²) in [6, 6.07) is -6.17. The van der Waals surface area contributed by atoms with Crippen LogP contribution < -0.4 is 25.1 Å². The molecule has 0 saturated heterocycles. The van der Waals surface area contributed by atoms with Crippen LogP contribution in [0.4, 0.5) is 4.79 Å². The standard InChI is InChI=1S/C38H50N10O20/c49-25(6-4-23(36(64)65)40-38(68)41-24(37(66)67)5-7-30(52)53)39-22(35(62)63)3-1-2-8-42-13-26-43(15-28(50)47(17-31(54)55)18-32(56)57)9-11-45(26)21-46-12-10-44(27(46)14-42)16-29(51)48(19-33(58)59)20-34(60)61/h9-12,22-24H,1-8,13-21H2,(H9-2,39,40,41,49,52,53,54,55,56,57,58,59,60,61,62,63,64,65,66,67,68)/p+2. The summed E-state index contributed by atoms with van der Waals surface area (Å²) in [6.07, 6.45) is 4.17. The number of imidazole rings is 2. The molecule has 0 saturated carbocycles. The predicted octanol–water partition coefficient (Wildman–Crippen LogP) is -4.73. The van der Waals surface area contributed by atoms with Crippen LogP contribution >= 0.6 is 0 Å². The molecule has 1 aliphatic rings. The van der Waals surface area contributed by atoms with Crippen molar-refractivity contribution in [2.45, 2.75) is 95.9 Å². The number of aliphatic carboxylic acids is 8. The lowest BCUT2D eigenvalue weighted by Crippen LogP contribution is -2.58. The number of carbonyl (C=O) groups excluding carboxylic acids is 4. The van der Waals surface area contributed by atoms with Crippen molar-refractivity contribution < 1.29 is 108 Å². The molecule has 0 aromatic carbocycles. The lowest BCUT2D eigenvalue weighted by Gasteiger charge is -2.23. The van der Waals surface area contributed by atoms with Crippen molar-refractivity contribution in [2.75, 3.05) is 32.7 Å². The zero-order valence-electron chi connectivity index (χ0n) is 36.2. The fraction of sp³-hybridized carbons (Fsp3) is 0.526. The Morgan fingerprint density at radius 3 is 1.31 bits per heavy atom. The Balaban J connectivity index is 1.78. The Morgan fingerprint density at radius 2 is 0.926 bits per heavy atom. The number of carboxylic acids is 8. The summed E-state index contributed by atoms with van der Waals surface area (Å²) < 4.78 is 6.37. The van der Waals surface area contributed by atoms with Crippen molar-refractivity contribution in [1.82, 2.24) is 39.8 Å². The minimum Gasteiger partial charge on any atom is -0.481 e. The zero-order valence-corrected chi connectivity index (χ0v) is 36.2. The van der Waals surface area contributed by atoms with Crippen LogP contribution in [0.1, 0.15) is 56.6 Å². The monoisotopic (exact) mass is 968 g/mol. The average molecular weight is 969 g/mol. The van der Waals surface area contributed by atoms with Gasteiger partial charge in [0.1, 0.15) is 82.2 Å². The highest BCUT2D eigenvalue weighted by molar-refractivity contribution is 5.88. The fourth-order valence-corrected chi connectivity index (χ4v) is 6.92. The van der Waals surface area contributed by atoms with Gasteiger partial charge < -0.3 is 66.6 Å². The second kappa shape index (κ2) is 25.5. The Kier molecular flexibility index (Phi) is 20.3. The second-order valence-electron chi connectivity index (χ2n) is 15.4. The Bertz CT molecular complexity index is 2130. The summed E-state index contributed by atoms with van der Waals surface area (Å²) >= 11 is 0. The summed E-state index contributed by atoms with van der Waals surface area (Å²) in [7, 11) is 0. The molecule has 3 atom stereocenters. The number of fused-ring (bicyclic) bond motifs is 2. The van der Waals surface area contributed by atoms with E-state index in [-0.39, 0.29) is 45.6 Å². The first-order valence-corrected chi connectivity index (χ1v) is 20.5. The molecule has 3 rings (SSSR count). The first kappa shape index (κ1) is 54.2. The quantitative estimate of drug-likeness (QED) is 0.0269. The summed E-state index contributed by atoms with van der Waals surface area (Å²) in [6.45, 7) is -4.12. The van der Waals surface area contributed by atoms with E-state index in [4.69, 9.17) is 5.11 Å². The van der Waals surface area contributed by atoms with Gasteiger partial charge in [0.05, 0.1) is 0 Å². The Morgan fingerprint density at radius 1 is 0.529 bits per heavy atom. The molecule has 3 heterocycles. The maximum Gasteiger partial charge on any atom is 0.326 e. The van der Waals surface area contributed by atoms with Gasteiger partial charge in [-0.25, -0.2) is 28.3 Å². The highest BCUT2D eigenvalue weighted by atomic mass is 16.4. The van der Waals surface area contributed by atoms with E-state index in [9.17, 15) is 93.3 Å². The van der Waals surface area contributed by atoms with Crippen molar-refractivity contribution in [3.63, 3.8) is 0 Å². The maximum atomic E-state index is 13.2. The molecule has 3 unspecified atom stereocenters. The minimum absolute atomic E-state index is 0.0522. The maximum absolute atomic E-state index is 13.2. The SMILES string of the molecule is O=C(O)CCC(NC(=O)NC(CCC(=O)NC(CCCCN1Cc2n(CC(=O)N(CC(=O)O)CC(=O)O)cc[n+]2C[n+]2ccn(CC(=O)N(CC(=O)O)CC(=O)O)c2C1)C(=O)O)C(=O)O)C(=O)O. The number of unbranched alkanes of at least 4 members (excludes halogenated alkanes) is 1. The fourth-order valence-electron chi connectivity index (χ4n) is 6.92. The van der Waals surface area contributed by atoms with E-state index < -0.39 is 155 Å². The molecule has 30 heteroatoms. The van der Waals surface area contributed by atoms with Gasteiger partial charge >= 0.3 is 53.8 Å². The molecule has 372 valence electrons. The molecule has 0 spiro atoms. The van der Waals surface area contributed by atoms with Crippen molar-refractivity contribution in [2.24, 2.45) is 0 Å². The Hall–Kier alpha value is -8.18. The minimum atomic E-state index is -1.74. The molecular formula is C38H52N10O20+2. The van der Waals surface area contributed by atoms with Gasteiger partial charge in [0, 0.05) is 12.8 Å². The van der Waals surface area contributed by atoms with E-state index in [1.165, 1.54) is 21.5 Å². The number of aromatic nitrogens is 4. The number of carbonyl (C=O) groups is 12. The first-order valence-electron chi connectivity index (χ1n) is 20.5. The molecule has 0 fully saturated rings. The van der Waals surface area contributed by atoms with Crippen LogP contribution in [-0.2, 0) is 85.6 Å². The van der Waals surface area contributed by atoms with E-state index in [1.54, 1.807) is 21.5 Å². The number of hydrogen-bond acceptors (Lipinski definition) is 13. The molecule has 0 bridgehead atoms. The molecule has 1 aliphatic heterocycles. The van der Waals surface area contributed by atoms with Crippen molar-refractivity contribution in [3.8, 4) is 0 Å².